The monoisotopic (exact) mass is 336 g/mol. The van der Waals surface area contributed by atoms with Gasteiger partial charge < -0.3 is 4.74 Å². The molecule has 1 fully saturated rings. The smallest absolute Gasteiger partial charge is 0.136 e. The first kappa shape index (κ1) is 21.4. The maximum absolute atomic E-state index is 12.0. The summed E-state index contributed by atoms with van der Waals surface area (Å²) in [5.74, 6) is 2.13. The molecule has 1 saturated heterocycles. The Kier molecular flexibility index (Phi) is 11.3. The summed E-state index contributed by atoms with van der Waals surface area (Å²) in [6.45, 7) is 9.91. The van der Waals surface area contributed by atoms with E-state index in [1.165, 1.54) is 38.5 Å². The van der Waals surface area contributed by atoms with E-state index in [0.717, 1.165) is 19.4 Å². The van der Waals surface area contributed by atoms with Crippen LogP contribution in [0.2, 0.25) is 0 Å². The molecule has 0 amide bonds. The molecule has 1 heterocycles. The molecule has 1 aliphatic rings. The third-order valence-corrected chi connectivity index (χ3v) is 5.64. The van der Waals surface area contributed by atoms with E-state index >= 15 is 0 Å². The highest BCUT2D eigenvalue weighted by Gasteiger charge is 2.34. The molecule has 140 valence electrons. The molecular weight excluding hydrogens is 296 g/mol. The number of hydrogen-bond acceptors (Lipinski definition) is 2. The average Bonchev–Trinajstić information content (AvgIpc) is 2.90. The van der Waals surface area contributed by atoms with Crippen molar-refractivity contribution in [3.05, 3.63) is 12.2 Å². The number of carbonyl (C=O) groups excluding carboxylic acids is 1. The molecule has 24 heavy (non-hydrogen) atoms. The molecule has 1 aliphatic heterocycles. The van der Waals surface area contributed by atoms with Crippen LogP contribution >= 0.6 is 0 Å². The third-order valence-electron chi connectivity index (χ3n) is 5.64. The van der Waals surface area contributed by atoms with Gasteiger partial charge in [-0.15, -0.1) is 0 Å². The van der Waals surface area contributed by atoms with Crippen LogP contribution in [0.25, 0.3) is 0 Å². The van der Waals surface area contributed by atoms with E-state index in [0.29, 0.717) is 42.5 Å². The Morgan fingerprint density at radius 1 is 1.12 bits per heavy atom. The van der Waals surface area contributed by atoms with Gasteiger partial charge in [0.2, 0.25) is 0 Å². The molecule has 0 radical (unpaired) electrons. The first-order valence-electron chi connectivity index (χ1n) is 10.3. The lowest BCUT2D eigenvalue weighted by molar-refractivity contribution is -0.118. The van der Waals surface area contributed by atoms with Crippen molar-refractivity contribution in [3.8, 4) is 0 Å². The van der Waals surface area contributed by atoms with E-state index in [1.54, 1.807) is 0 Å². The highest BCUT2D eigenvalue weighted by Crippen LogP contribution is 2.32. The fraction of sp³-hybridized carbons (Fsp3) is 0.864. The summed E-state index contributed by atoms with van der Waals surface area (Å²) in [7, 11) is 0. The van der Waals surface area contributed by atoms with E-state index in [9.17, 15) is 4.79 Å². The zero-order valence-corrected chi connectivity index (χ0v) is 16.6. The standard InChI is InChI=1S/C22H40O2/c1-5-6-7-8-9-10-11-12-13-14-21(23)16-15-18(2)22-20(4)19(3)17-24-22/h12-13,18-20,22H,5-11,14-17H2,1-4H3/b13-12+. The maximum atomic E-state index is 12.0. The first-order chi connectivity index (χ1) is 11.6. The quantitative estimate of drug-likeness (QED) is 0.290. The van der Waals surface area contributed by atoms with Gasteiger partial charge in [-0.05, 0) is 37.0 Å². The molecule has 1 rings (SSSR count). The summed E-state index contributed by atoms with van der Waals surface area (Å²) in [5.41, 5.74) is 0. The molecule has 0 aromatic heterocycles. The van der Waals surface area contributed by atoms with Crippen molar-refractivity contribution in [1.29, 1.82) is 0 Å². The van der Waals surface area contributed by atoms with Crippen LogP contribution in [0.4, 0.5) is 0 Å². The van der Waals surface area contributed by atoms with Crippen molar-refractivity contribution < 1.29 is 9.53 Å². The Labute approximate surface area is 150 Å². The van der Waals surface area contributed by atoms with Crippen molar-refractivity contribution >= 4 is 5.78 Å². The average molecular weight is 337 g/mol. The lowest BCUT2D eigenvalue weighted by Crippen LogP contribution is -2.24. The predicted octanol–water partition coefficient (Wildman–Crippen LogP) is 6.34. The van der Waals surface area contributed by atoms with Crippen LogP contribution in [0.15, 0.2) is 12.2 Å². The number of Topliss-reactive ketones (excluding diaryl/α,β-unsaturated/α-hetero) is 1. The molecule has 4 atom stereocenters. The highest BCUT2D eigenvalue weighted by atomic mass is 16.5. The summed E-state index contributed by atoms with van der Waals surface area (Å²) in [6, 6.07) is 0. The van der Waals surface area contributed by atoms with Crippen molar-refractivity contribution in [2.24, 2.45) is 17.8 Å². The number of rotatable bonds is 13. The summed E-state index contributed by atoms with van der Waals surface area (Å²) >= 11 is 0. The zero-order chi connectivity index (χ0) is 17.8. The molecular formula is C22H40O2. The molecule has 0 aromatic carbocycles. The Balaban J connectivity index is 2.04. The fourth-order valence-corrected chi connectivity index (χ4v) is 3.60. The van der Waals surface area contributed by atoms with Crippen LogP contribution in [0.5, 0.6) is 0 Å². The van der Waals surface area contributed by atoms with Crippen molar-refractivity contribution in [1.82, 2.24) is 0 Å². The third kappa shape index (κ3) is 8.46. The molecule has 0 N–H and O–H groups in total. The van der Waals surface area contributed by atoms with E-state index in [2.05, 4.69) is 39.8 Å². The summed E-state index contributed by atoms with van der Waals surface area (Å²) < 4.78 is 5.91. The molecule has 0 saturated carbocycles. The van der Waals surface area contributed by atoms with Gasteiger partial charge in [0, 0.05) is 19.4 Å². The van der Waals surface area contributed by atoms with Gasteiger partial charge in [-0.1, -0.05) is 72.0 Å². The van der Waals surface area contributed by atoms with Crippen LogP contribution in [0.1, 0.15) is 91.9 Å². The number of carbonyl (C=O) groups is 1. The van der Waals surface area contributed by atoms with E-state index in [4.69, 9.17) is 4.74 Å². The molecule has 0 spiro atoms. The summed E-state index contributed by atoms with van der Waals surface area (Å²) in [5, 5.41) is 0. The minimum atomic E-state index is 0.344. The zero-order valence-electron chi connectivity index (χ0n) is 16.6. The Morgan fingerprint density at radius 2 is 1.83 bits per heavy atom. The normalized spacial score (nSPS) is 25.4. The lowest BCUT2D eigenvalue weighted by Gasteiger charge is -2.23. The van der Waals surface area contributed by atoms with Crippen LogP contribution in [0.3, 0.4) is 0 Å². The Morgan fingerprint density at radius 3 is 2.50 bits per heavy atom. The van der Waals surface area contributed by atoms with Gasteiger partial charge in [-0.2, -0.15) is 0 Å². The molecule has 0 aromatic rings. The SMILES string of the molecule is CCCCCCCC/C=C/CC(=O)CCC(C)C1OCC(C)C1C. The molecule has 2 nitrogen and oxygen atoms in total. The topological polar surface area (TPSA) is 26.3 Å². The van der Waals surface area contributed by atoms with Gasteiger partial charge in [0.05, 0.1) is 6.10 Å². The lowest BCUT2D eigenvalue weighted by atomic mass is 9.85. The summed E-state index contributed by atoms with van der Waals surface area (Å²) in [6.07, 6.45) is 16.0. The van der Waals surface area contributed by atoms with Crippen molar-refractivity contribution in [2.75, 3.05) is 6.61 Å². The second-order valence-corrected chi connectivity index (χ2v) is 7.92. The van der Waals surface area contributed by atoms with Gasteiger partial charge in [0.15, 0.2) is 0 Å². The predicted molar refractivity (Wildman–Crippen MR) is 103 cm³/mol. The number of hydrogen-bond donors (Lipinski definition) is 0. The Hall–Kier alpha value is -0.630. The molecule has 2 heteroatoms. The van der Waals surface area contributed by atoms with E-state index < -0.39 is 0 Å². The van der Waals surface area contributed by atoms with Crippen molar-refractivity contribution in [2.45, 2.75) is 98.0 Å². The van der Waals surface area contributed by atoms with Gasteiger partial charge >= 0.3 is 0 Å². The second kappa shape index (κ2) is 12.7. The van der Waals surface area contributed by atoms with Crippen LogP contribution in [0, 0.1) is 17.8 Å². The highest BCUT2D eigenvalue weighted by molar-refractivity contribution is 5.79. The Bertz CT molecular complexity index is 361. The number of ketones is 1. The van der Waals surface area contributed by atoms with Crippen LogP contribution < -0.4 is 0 Å². The second-order valence-electron chi connectivity index (χ2n) is 7.92. The van der Waals surface area contributed by atoms with Crippen molar-refractivity contribution in [3.63, 3.8) is 0 Å². The van der Waals surface area contributed by atoms with Crippen LogP contribution in [-0.4, -0.2) is 18.5 Å². The van der Waals surface area contributed by atoms with E-state index in [-0.39, 0.29) is 0 Å². The van der Waals surface area contributed by atoms with Gasteiger partial charge in [-0.3, -0.25) is 4.79 Å². The molecule has 0 aliphatic carbocycles. The fourth-order valence-electron chi connectivity index (χ4n) is 3.60. The number of ether oxygens (including phenoxy) is 1. The minimum absolute atomic E-state index is 0.344. The van der Waals surface area contributed by atoms with Gasteiger partial charge in [0.25, 0.3) is 0 Å². The number of unbranched alkanes of at least 4 members (excludes halogenated alkanes) is 6. The van der Waals surface area contributed by atoms with E-state index in [1.807, 2.05) is 0 Å². The maximum Gasteiger partial charge on any atom is 0.136 e. The molecule has 0 bridgehead atoms. The van der Waals surface area contributed by atoms with Gasteiger partial charge in [-0.25, -0.2) is 0 Å². The van der Waals surface area contributed by atoms with Crippen LogP contribution in [-0.2, 0) is 9.53 Å². The minimum Gasteiger partial charge on any atom is -0.377 e. The first-order valence-corrected chi connectivity index (χ1v) is 10.3. The molecule has 4 unspecified atom stereocenters. The summed E-state index contributed by atoms with van der Waals surface area (Å²) in [4.78, 5) is 12.0. The van der Waals surface area contributed by atoms with Gasteiger partial charge in [0.1, 0.15) is 5.78 Å². The number of allylic oxidation sites excluding steroid dienone is 2. The largest absolute Gasteiger partial charge is 0.377 e.